The van der Waals surface area contributed by atoms with Crippen LogP contribution >= 0.6 is 0 Å². The first kappa shape index (κ1) is 20.5. The normalized spacial score (nSPS) is 15.8. The van der Waals surface area contributed by atoms with Crippen LogP contribution in [0.4, 0.5) is 18.9 Å². The standard InChI is InChI=1S/C22H20F3N5O2/c1-29-10-17-16-8-14(27-19(31)9-21(32)11-26-12-21)4-7-18(16)30(20(17)28-29)15-5-2-13(3-6-15)22(23,24)25/h2-8,10,26,32H,9,11-12H2,1H3,(H,27,31). The molecule has 1 saturated heterocycles. The van der Waals surface area contributed by atoms with E-state index in [-0.39, 0.29) is 12.3 Å². The molecular weight excluding hydrogens is 423 g/mol. The number of hydrogen-bond acceptors (Lipinski definition) is 4. The fourth-order valence-corrected chi connectivity index (χ4v) is 4.07. The summed E-state index contributed by atoms with van der Waals surface area (Å²) in [6.45, 7) is 0.761. The molecular formula is C22H20F3N5O2. The number of fused-ring (bicyclic) bond motifs is 3. The number of carbonyl (C=O) groups excluding carboxylic acids is 1. The molecule has 0 atom stereocenters. The molecule has 10 heteroatoms. The van der Waals surface area contributed by atoms with Crippen LogP contribution in [0.1, 0.15) is 12.0 Å². The minimum absolute atomic E-state index is 0.00704. The van der Waals surface area contributed by atoms with E-state index in [4.69, 9.17) is 0 Å². The number of hydrogen-bond donors (Lipinski definition) is 3. The van der Waals surface area contributed by atoms with Gasteiger partial charge in [0.1, 0.15) is 0 Å². The van der Waals surface area contributed by atoms with Crippen molar-refractivity contribution in [3.8, 4) is 5.69 Å². The Hall–Kier alpha value is -3.37. The smallest absolute Gasteiger partial charge is 0.387 e. The highest BCUT2D eigenvalue weighted by Crippen LogP contribution is 2.35. The minimum Gasteiger partial charge on any atom is -0.387 e. The summed E-state index contributed by atoms with van der Waals surface area (Å²) in [7, 11) is 1.77. The van der Waals surface area contributed by atoms with Gasteiger partial charge in [0.15, 0.2) is 5.65 Å². The zero-order valence-electron chi connectivity index (χ0n) is 17.1. The molecule has 2 aromatic carbocycles. The Labute approximate surface area is 180 Å². The van der Waals surface area contributed by atoms with Crippen molar-refractivity contribution in [2.45, 2.75) is 18.2 Å². The third kappa shape index (κ3) is 3.51. The molecule has 32 heavy (non-hydrogen) atoms. The van der Waals surface area contributed by atoms with Gasteiger partial charge in [0, 0.05) is 48.5 Å². The predicted octanol–water partition coefficient (Wildman–Crippen LogP) is 3.20. The lowest BCUT2D eigenvalue weighted by Crippen LogP contribution is -2.60. The Balaban J connectivity index is 1.54. The lowest BCUT2D eigenvalue weighted by molar-refractivity contribution is -0.137. The zero-order valence-corrected chi connectivity index (χ0v) is 17.1. The van der Waals surface area contributed by atoms with E-state index >= 15 is 0 Å². The van der Waals surface area contributed by atoms with E-state index in [1.165, 1.54) is 12.1 Å². The number of amides is 1. The zero-order chi connectivity index (χ0) is 22.7. The molecule has 3 N–H and O–H groups in total. The number of anilines is 1. The van der Waals surface area contributed by atoms with Crippen LogP contribution < -0.4 is 10.6 Å². The van der Waals surface area contributed by atoms with Gasteiger partial charge in [0.25, 0.3) is 0 Å². The summed E-state index contributed by atoms with van der Waals surface area (Å²) in [5, 5.41) is 22.0. The summed E-state index contributed by atoms with van der Waals surface area (Å²) in [6.07, 6.45) is -2.59. The number of β-amino-alcohol motifs (C(OH)–C–C–N with tert-alkyl or cyclic N) is 1. The number of benzene rings is 2. The van der Waals surface area contributed by atoms with Gasteiger partial charge in [-0.05, 0) is 42.5 Å². The van der Waals surface area contributed by atoms with Crippen molar-refractivity contribution in [3.05, 3.63) is 54.2 Å². The highest BCUT2D eigenvalue weighted by atomic mass is 19.4. The molecule has 7 nitrogen and oxygen atoms in total. The highest BCUT2D eigenvalue weighted by Gasteiger charge is 2.36. The largest absolute Gasteiger partial charge is 0.416 e. The van der Waals surface area contributed by atoms with Gasteiger partial charge in [0.05, 0.1) is 23.1 Å². The van der Waals surface area contributed by atoms with E-state index in [1.807, 2.05) is 6.20 Å². The van der Waals surface area contributed by atoms with Gasteiger partial charge < -0.3 is 15.7 Å². The van der Waals surface area contributed by atoms with Gasteiger partial charge in [-0.3, -0.25) is 14.0 Å². The molecule has 5 rings (SSSR count). The van der Waals surface area contributed by atoms with E-state index < -0.39 is 17.3 Å². The molecule has 1 amide bonds. The molecule has 1 fully saturated rings. The molecule has 0 saturated carbocycles. The Bertz CT molecular complexity index is 1330. The highest BCUT2D eigenvalue weighted by molar-refractivity contribution is 6.09. The van der Waals surface area contributed by atoms with Gasteiger partial charge in [-0.15, -0.1) is 0 Å². The van der Waals surface area contributed by atoms with Crippen molar-refractivity contribution in [1.82, 2.24) is 19.7 Å². The fraction of sp³-hybridized carbons (Fsp3) is 0.273. The second kappa shape index (κ2) is 7.07. The number of aryl methyl sites for hydroxylation is 1. The minimum atomic E-state index is -4.41. The summed E-state index contributed by atoms with van der Waals surface area (Å²) in [5.74, 6) is -0.294. The van der Waals surface area contributed by atoms with Crippen molar-refractivity contribution in [3.63, 3.8) is 0 Å². The van der Waals surface area contributed by atoms with Gasteiger partial charge in [-0.1, -0.05) is 0 Å². The topological polar surface area (TPSA) is 84.1 Å². The van der Waals surface area contributed by atoms with Crippen LogP contribution in [0.5, 0.6) is 0 Å². The van der Waals surface area contributed by atoms with Gasteiger partial charge in [-0.25, -0.2) is 0 Å². The molecule has 1 aliphatic rings. The Morgan fingerprint density at radius 1 is 1.19 bits per heavy atom. The number of aromatic nitrogens is 3. The fourth-order valence-electron chi connectivity index (χ4n) is 4.07. The predicted molar refractivity (Wildman–Crippen MR) is 114 cm³/mol. The number of aliphatic hydroxyl groups is 1. The van der Waals surface area contributed by atoms with Crippen LogP contribution in [0.15, 0.2) is 48.7 Å². The SMILES string of the molecule is Cn1cc2c3cc(NC(=O)CC4(O)CNC4)ccc3n(-c3ccc(C(F)(F)F)cc3)c2n1. The number of nitrogens with one attached hydrogen (secondary N) is 2. The molecule has 0 radical (unpaired) electrons. The van der Waals surface area contributed by atoms with Crippen LogP contribution in [-0.2, 0) is 18.0 Å². The van der Waals surface area contributed by atoms with Crippen LogP contribution in [0.25, 0.3) is 27.6 Å². The molecule has 2 aromatic heterocycles. The molecule has 0 bridgehead atoms. The lowest BCUT2D eigenvalue weighted by Gasteiger charge is -2.36. The van der Waals surface area contributed by atoms with E-state index in [0.717, 1.165) is 28.4 Å². The Kier molecular flexibility index (Phi) is 4.54. The first-order valence-electron chi connectivity index (χ1n) is 10.0. The Morgan fingerprint density at radius 2 is 1.91 bits per heavy atom. The number of nitrogens with zero attached hydrogens (tertiary/aromatic N) is 3. The van der Waals surface area contributed by atoms with Crippen molar-refractivity contribution in [1.29, 1.82) is 0 Å². The Morgan fingerprint density at radius 3 is 2.53 bits per heavy atom. The maximum atomic E-state index is 13.0. The summed E-state index contributed by atoms with van der Waals surface area (Å²) in [6, 6.07) is 10.3. The summed E-state index contributed by atoms with van der Waals surface area (Å²) in [4.78, 5) is 12.4. The van der Waals surface area contributed by atoms with E-state index in [2.05, 4.69) is 15.7 Å². The van der Waals surface area contributed by atoms with Crippen LogP contribution in [0.2, 0.25) is 0 Å². The third-order valence-electron chi connectivity index (χ3n) is 5.68. The van der Waals surface area contributed by atoms with Crippen molar-refractivity contribution < 1.29 is 23.1 Å². The first-order chi connectivity index (χ1) is 15.1. The van der Waals surface area contributed by atoms with Crippen molar-refractivity contribution in [2.24, 2.45) is 7.05 Å². The number of halogens is 3. The molecule has 166 valence electrons. The molecule has 0 aliphatic carbocycles. The van der Waals surface area contributed by atoms with Crippen molar-refractivity contribution in [2.75, 3.05) is 18.4 Å². The van der Waals surface area contributed by atoms with Crippen LogP contribution in [-0.4, -0.2) is 44.1 Å². The second-order valence-corrected chi connectivity index (χ2v) is 8.20. The summed E-state index contributed by atoms with van der Waals surface area (Å²) >= 11 is 0. The first-order valence-corrected chi connectivity index (χ1v) is 10.0. The third-order valence-corrected chi connectivity index (χ3v) is 5.68. The lowest BCUT2D eigenvalue weighted by atomic mass is 9.93. The molecule has 3 heterocycles. The average molecular weight is 443 g/mol. The number of alkyl halides is 3. The van der Waals surface area contributed by atoms with Gasteiger partial charge in [-0.2, -0.15) is 18.3 Å². The molecule has 0 spiro atoms. The van der Waals surface area contributed by atoms with Crippen molar-refractivity contribution >= 4 is 33.5 Å². The van der Waals surface area contributed by atoms with E-state index in [0.29, 0.717) is 30.1 Å². The molecule has 0 unspecified atom stereocenters. The van der Waals surface area contributed by atoms with E-state index in [9.17, 15) is 23.1 Å². The van der Waals surface area contributed by atoms with Crippen LogP contribution in [0, 0.1) is 0 Å². The monoisotopic (exact) mass is 443 g/mol. The van der Waals surface area contributed by atoms with Gasteiger partial charge >= 0.3 is 6.18 Å². The number of rotatable bonds is 4. The molecule has 4 aromatic rings. The second-order valence-electron chi connectivity index (χ2n) is 8.20. The maximum absolute atomic E-state index is 13.0. The van der Waals surface area contributed by atoms with Gasteiger partial charge in [0.2, 0.25) is 5.91 Å². The number of carbonyl (C=O) groups is 1. The average Bonchev–Trinajstić information content (AvgIpc) is 3.21. The quantitative estimate of drug-likeness (QED) is 0.452. The molecule has 1 aliphatic heterocycles. The van der Waals surface area contributed by atoms with E-state index in [1.54, 1.807) is 34.5 Å². The maximum Gasteiger partial charge on any atom is 0.416 e. The summed E-state index contributed by atoms with van der Waals surface area (Å²) in [5.41, 5.74) is 0.727. The van der Waals surface area contributed by atoms with Crippen LogP contribution in [0.3, 0.4) is 0 Å². The summed E-state index contributed by atoms with van der Waals surface area (Å²) < 4.78 is 42.3.